The summed E-state index contributed by atoms with van der Waals surface area (Å²) in [5.74, 6) is 0.835. The SMILES string of the molecule is Oc1cccc(-c2cc(CC3CCC(O)C(CNC4CCC4)O3)no2)c1. The number of nitrogens with zero attached hydrogens (tertiary/aromatic N) is 1. The number of phenols is 1. The summed E-state index contributed by atoms with van der Waals surface area (Å²) in [5.41, 5.74) is 1.63. The Bertz CT molecular complexity index is 728. The van der Waals surface area contributed by atoms with Gasteiger partial charge in [-0.2, -0.15) is 0 Å². The molecule has 0 amide bonds. The van der Waals surface area contributed by atoms with Gasteiger partial charge in [0, 0.05) is 30.6 Å². The van der Waals surface area contributed by atoms with Gasteiger partial charge in [-0.1, -0.05) is 23.7 Å². The molecule has 0 radical (unpaired) electrons. The summed E-state index contributed by atoms with van der Waals surface area (Å²) in [4.78, 5) is 0. The molecule has 1 aromatic heterocycles. The maximum absolute atomic E-state index is 10.2. The average Bonchev–Trinajstić information content (AvgIpc) is 3.05. The molecule has 140 valence electrons. The molecular weight excluding hydrogens is 332 g/mol. The van der Waals surface area contributed by atoms with Gasteiger partial charge < -0.3 is 24.8 Å². The first kappa shape index (κ1) is 17.5. The van der Waals surface area contributed by atoms with Crippen LogP contribution in [0.15, 0.2) is 34.9 Å². The highest BCUT2D eigenvalue weighted by Gasteiger charge is 2.31. The number of hydrogen-bond donors (Lipinski definition) is 3. The molecule has 2 heterocycles. The van der Waals surface area contributed by atoms with Crippen LogP contribution < -0.4 is 5.32 Å². The van der Waals surface area contributed by atoms with Crippen LogP contribution in [-0.4, -0.2) is 46.3 Å². The Labute approximate surface area is 153 Å². The fourth-order valence-corrected chi connectivity index (χ4v) is 3.61. The van der Waals surface area contributed by atoms with Crippen LogP contribution >= 0.6 is 0 Å². The Balaban J connectivity index is 1.34. The average molecular weight is 358 g/mol. The second-order valence-corrected chi connectivity index (χ2v) is 7.41. The number of benzene rings is 1. The molecule has 1 saturated heterocycles. The first-order valence-electron chi connectivity index (χ1n) is 9.49. The molecule has 26 heavy (non-hydrogen) atoms. The van der Waals surface area contributed by atoms with Gasteiger partial charge in [0.25, 0.3) is 0 Å². The largest absolute Gasteiger partial charge is 0.508 e. The van der Waals surface area contributed by atoms with E-state index < -0.39 is 6.10 Å². The molecule has 3 N–H and O–H groups in total. The Morgan fingerprint density at radius 1 is 1.15 bits per heavy atom. The normalized spacial score (nSPS) is 26.6. The lowest BCUT2D eigenvalue weighted by Gasteiger charge is -2.36. The van der Waals surface area contributed by atoms with Gasteiger partial charge >= 0.3 is 0 Å². The van der Waals surface area contributed by atoms with Crippen LogP contribution in [0, 0.1) is 0 Å². The fraction of sp³-hybridized carbons (Fsp3) is 0.550. The zero-order valence-corrected chi connectivity index (χ0v) is 14.8. The Kier molecular flexibility index (Phi) is 5.24. The molecule has 3 unspecified atom stereocenters. The number of aromatic nitrogens is 1. The van der Waals surface area contributed by atoms with Crippen LogP contribution in [0.4, 0.5) is 0 Å². The van der Waals surface area contributed by atoms with Gasteiger partial charge in [0.15, 0.2) is 5.76 Å². The molecule has 0 bridgehead atoms. The summed E-state index contributed by atoms with van der Waals surface area (Å²) in [5, 5.41) is 27.4. The zero-order chi connectivity index (χ0) is 17.9. The highest BCUT2D eigenvalue weighted by Crippen LogP contribution is 2.27. The van der Waals surface area contributed by atoms with Crippen molar-refractivity contribution in [3.63, 3.8) is 0 Å². The summed E-state index contributed by atoms with van der Waals surface area (Å²) < 4.78 is 11.5. The number of rotatable bonds is 6. The number of nitrogens with one attached hydrogen (secondary N) is 1. The molecule has 2 fully saturated rings. The lowest BCUT2D eigenvalue weighted by Crippen LogP contribution is -2.48. The van der Waals surface area contributed by atoms with Crippen molar-refractivity contribution in [2.24, 2.45) is 0 Å². The van der Waals surface area contributed by atoms with Crippen LogP contribution in [0.25, 0.3) is 11.3 Å². The van der Waals surface area contributed by atoms with E-state index >= 15 is 0 Å². The van der Waals surface area contributed by atoms with Gasteiger partial charge in [0.05, 0.1) is 24.0 Å². The van der Waals surface area contributed by atoms with E-state index in [0.29, 0.717) is 24.8 Å². The number of aliphatic hydroxyl groups is 1. The molecule has 1 aliphatic heterocycles. The molecule has 3 atom stereocenters. The fourth-order valence-electron chi connectivity index (χ4n) is 3.61. The van der Waals surface area contributed by atoms with Crippen molar-refractivity contribution in [2.45, 2.75) is 62.9 Å². The topological polar surface area (TPSA) is 87.8 Å². The van der Waals surface area contributed by atoms with Crippen LogP contribution in [0.2, 0.25) is 0 Å². The molecule has 1 aliphatic carbocycles. The summed E-state index contributed by atoms with van der Waals surface area (Å²) in [6.07, 6.45) is 5.44. The minimum atomic E-state index is -0.404. The van der Waals surface area contributed by atoms with E-state index in [0.717, 1.165) is 24.1 Å². The highest BCUT2D eigenvalue weighted by atomic mass is 16.5. The molecule has 0 spiro atoms. The number of hydrogen-bond acceptors (Lipinski definition) is 6. The van der Waals surface area contributed by atoms with Crippen molar-refractivity contribution < 1.29 is 19.5 Å². The molecule has 2 aliphatic rings. The number of aliphatic hydroxyl groups excluding tert-OH is 1. The standard InChI is InChI=1S/C20H26N2O4/c23-16-6-1-3-13(9-16)19-11-15(22-26-19)10-17-7-8-18(24)20(25-17)12-21-14-4-2-5-14/h1,3,6,9,11,14,17-18,20-21,23-24H,2,4-5,7-8,10,12H2. The van der Waals surface area contributed by atoms with Crippen LogP contribution in [0.5, 0.6) is 5.75 Å². The van der Waals surface area contributed by atoms with Crippen molar-refractivity contribution in [1.29, 1.82) is 0 Å². The first-order chi connectivity index (χ1) is 12.7. The smallest absolute Gasteiger partial charge is 0.167 e. The third kappa shape index (κ3) is 4.09. The summed E-state index contributed by atoms with van der Waals surface area (Å²) >= 11 is 0. The number of aromatic hydroxyl groups is 1. The van der Waals surface area contributed by atoms with E-state index in [1.165, 1.54) is 19.3 Å². The summed E-state index contributed by atoms with van der Waals surface area (Å²) in [6, 6.07) is 9.41. The zero-order valence-electron chi connectivity index (χ0n) is 14.8. The van der Waals surface area contributed by atoms with Gasteiger partial charge in [-0.15, -0.1) is 0 Å². The maximum Gasteiger partial charge on any atom is 0.167 e. The summed E-state index contributed by atoms with van der Waals surface area (Å²) in [6.45, 7) is 0.704. The van der Waals surface area contributed by atoms with E-state index in [1.54, 1.807) is 18.2 Å². The first-order valence-corrected chi connectivity index (χ1v) is 9.49. The van der Waals surface area contributed by atoms with Crippen LogP contribution in [0.3, 0.4) is 0 Å². The molecule has 4 rings (SSSR count). The van der Waals surface area contributed by atoms with Crippen molar-refractivity contribution in [3.05, 3.63) is 36.0 Å². The van der Waals surface area contributed by atoms with Gasteiger partial charge in [-0.25, -0.2) is 0 Å². The minimum absolute atomic E-state index is 0.0358. The van der Waals surface area contributed by atoms with Crippen molar-refractivity contribution in [2.75, 3.05) is 6.54 Å². The number of phenolic OH excluding ortho intramolecular Hbond substituents is 1. The molecule has 1 saturated carbocycles. The second-order valence-electron chi connectivity index (χ2n) is 7.41. The van der Waals surface area contributed by atoms with Crippen LogP contribution in [-0.2, 0) is 11.2 Å². The third-order valence-corrected chi connectivity index (χ3v) is 5.42. The predicted octanol–water partition coefficient (Wildman–Crippen LogP) is 2.64. The van der Waals surface area contributed by atoms with E-state index in [9.17, 15) is 10.2 Å². The second kappa shape index (κ2) is 7.78. The van der Waals surface area contributed by atoms with E-state index in [-0.39, 0.29) is 18.0 Å². The lowest BCUT2D eigenvalue weighted by molar-refractivity contribution is -0.116. The van der Waals surface area contributed by atoms with Gasteiger partial charge in [0.2, 0.25) is 0 Å². The molecule has 2 aromatic rings. The van der Waals surface area contributed by atoms with Crippen molar-refractivity contribution in [1.82, 2.24) is 10.5 Å². The van der Waals surface area contributed by atoms with E-state index in [4.69, 9.17) is 9.26 Å². The summed E-state index contributed by atoms with van der Waals surface area (Å²) in [7, 11) is 0. The highest BCUT2D eigenvalue weighted by molar-refractivity contribution is 5.59. The lowest BCUT2D eigenvalue weighted by atomic mass is 9.92. The van der Waals surface area contributed by atoms with Gasteiger partial charge in [-0.05, 0) is 37.8 Å². The Morgan fingerprint density at radius 2 is 2.04 bits per heavy atom. The van der Waals surface area contributed by atoms with Crippen LogP contribution in [0.1, 0.15) is 37.8 Å². The van der Waals surface area contributed by atoms with Gasteiger partial charge in [0.1, 0.15) is 5.75 Å². The third-order valence-electron chi connectivity index (χ3n) is 5.42. The monoisotopic (exact) mass is 358 g/mol. The van der Waals surface area contributed by atoms with Gasteiger partial charge in [-0.3, -0.25) is 0 Å². The predicted molar refractivity (Wildman–Crippen MR) is 96.9 cm³/mol. The van der Waals surface area contributed by atoms with E-state index in [1.807, 2.05) is 12.1 Å². The van der Waals surface area contributed by atoms with Crippen molar-refractivity contribution in [3.8, 4) is 17.1 Å². The van der Waals surface area contributed by atoms with Crippen molar-refractivity contribution >= 4 is 0 Å². The Morgan fingerprint density at radius 3 is 2.81 bits per heavy atom. The molecular formula is C20H26N2O4. The molecule has 6 nitrogen and oxygen atoms in total. The maximum atomic E-state index is 10.2. The molecule has 6 heteroatoms. The Hall–Kier alpha value is -1.89. The van der Waals surface area contributed by atoms with E-state index in [2.05, 4.69) is 10.5 Å². The molecule has 1 aromatic carbocycles. The quantitative estimate of drug-likeness (QED) is 0.736. The number of ether oxygens (including phenoxy) is 1. The minimum Gasteiger partial charge on any atom is -0.508 e.